The molecule has 0 saturated carbocycles. The molecule has 0 fully saturated rings. The molecule has 0 aromatic carbocycles. The van der Waals surface area contributed by atoms with Gasteiger partial charge in [-0.3, -0.25) is 0 Å². The zero-order valence-corrected chi connectivity index (χ0v) is 13.3. The van der Waals surface area contributed by atoms with Gasteiger partial charge in [0.05, 0.1) is 0 Å². The van der Waals surface area contributed by atoms with Crippen molar-refractivity contribution >= 4 is 13.8 Å². The lowest BCUT2D eigenvalue weighted by molar-refractivity contribution is -0.167. The van der Waals surface area contributed by atoms with Crippen LogP contribution in [0.3, 0.4) is 0 Å². The maximum Gasteiger partial charge on any atom is 0.213 e. The second-order valence-corrected chi connectivity index (χ2v) is 6.78. The monoisotopic (exact) mass is 274 g/mol. The van der Waals surface area contributed by atoms with Crippen LogP contribution in [0.2, 0.25) is 0 Å². The van der Waals surface area contributed by atoms with Crippen molar-refractivity contribution in [2.24, 2.45) is 11.8 Å². The molecule has 18 heavy (non-hydrogen) atoms. The van der Waals surface area contributed by atoms with E-state index in [4.69, 9.17) is 4.89 Å². The first-order valence-electron chi connectivity index (χ1n) is 7.52. The van der Waals surface area contributed by atoms with E-state index >= 15 is 0 Å². The van der Waals surface area contributed by atoms with Crippen molar-refractivity contribution < 1.29 is 9.79 Å². The van der Waals surface area contributed by atoms with Crippen LogP contribution >= 0.6 is 8.00 Å². The van der Waals surface area contributed by atoms with Crippen LogP contribution in [0.5, 0.6) is 0 Å². The second-order valence-electron chi connectivity index (χ2n) is 5.87. The van der Waals surface area contributed by atoms with Gasteiger partial charge >= 0.3 is 0 Å². The maximum absolute atomic E-state index is 10.6. The van der Waals surface area contributed by atoms with E-state index in [2.05, 4.69) is 13.8 Å². The Kier molecular flexibility index (Phi) is 12.2. The third kappa shape index (κ3) is 14.2. The van der Waals surface area contributed by atoms with Crippen molar-refractivity contribution in [1.29, 1.82) is 0 Å². The summed E-state index contributed by atoms with van der Waals surface area (Å²) in [6.45, 7) is 6.60. The van der Waals surface area contributed by atoms with Gasteiger partial charge in [0.2, 0.25) is 8.00 Å². The van der Waals surface area contributed by atoms with Gasteiger partial charge in [0.1, 0.15) is 5.80 Å². The summed E-state index contributed by atoms with van der Waals surface area (Å²) in [5.74, 6) is 2.69. The molecule has 0 aliphatic rings. The Morgan fingerprint density at radius 3 is 1.78 bits per heavy atom. The molecule has 0 saturated heterocycles. The fraction of sp³-hybridized carbons (Fsp3) is 0.933. The topological polar surface area (TPSA) is 43.3 Å². The summed E-state index contributed by atoms with van der Waals surface area (Å²) in [4.78, 5) is 19.3. The summed E-state index contributed by atoms with van der Waals surface area (Å²) in [7, 11) is -2.05. The Morgan fingerprint density at radius 2 is 1.33 bits per heavy atom. The molecule has 0 rings (SSSR count). The molecule has 3 heteroatoms. The molecule has 0 spiro atoms. The molecule has 0 aromatic heterocycles. The summed E-state index contributed by atoms with van der Waals surface area (Å²) < 4.78 is 0. The van der Waals surface area contributed by atoms with Gasteiger partial charge in [-0.15, -0.1) is 0 Å². The Morgan fingerprint density at radius 1 is 0.889 bits per heavy atom. The zero-order valence-electron chi connectivity index (χ0n) is 12.4. The van der Waals surface area contributed by atoms with Crippen molar-refractivity contribution in [3.8, 4) is 0 Å². The number of hydrogen-bond donors (Lipinski definition) is 1. The van der Waals surface area contributed by atoms with E-state index in [1.165, 1.54) is 51.4 Å². The minimum Gasteiger partial charge on any atom is -0.603 e. The van der Waals surface area contributed by atoms with E-state index in [0.717, 1.165) is 12.3 Å². The molecule has 0 aromatic rings. The Labute approximate surface area is 114 Å². The van der Waals surface area contributed by atoms with Gasteiger partial charge in [0, 0.05) is 5.92 Å². The van der Waals surface area contributed by atoms with Crippen LogP contribution in [0.1, 0.15) is 78.6 Å². The van der Waals surface area contributed by atoms with Gasteiger partial charge in [-0.1, -0.05) is 72.1 Å². The van der Waals surface area contributed by atoms with E-state index in [9.17, 15) is 4.89 Å². The average molecular weight is 274 g/mol. The van der Waals surface area contributed by atoms with Gasteiger partial charge in [-0.05, 0) is 12.3 Å². The van der Waals surface area contributed by atoms with Crippen LogP contribution < -0.4 is 4.89 Å². The molecule has 108 valence electrons. The summed E-state index contributed by atoms with van der Waals surface area (Å²) in [5, 5.41) is 0. The van der Waals surface area contributed by atoms with Gasteiger partial charge < -0.3 is 4.89 Å². The first-order valence-corrected chi connectivity index (χ1v) is 8.80. The maximum atomic E-state index is 10.6. The van der Waals surface area contributed by atoms with Gasteiger partial charge in [0.15, 0.2) is 0 Å². The molecular weight excluding hydrogens is 243 g/mol. The molecule has 2 atom stereocenters. The third-order valence-corrected chi connectivity index (χ3v) is 4.09. The predicted molar refractivity (Wildman–Crippen MR) is 80.8 cm³/mol. The van der Waals surface area contributed by atoms with Gasteiger partial charge in [0.25, 0.3) is 0 Å². The highest BCUT2D eigenvalue weighted by molar-refractivity contribution is 7.43. The van der Waals surface area contributed by atoms with Crippen LogP contribution in [0, 0.1) is 11.8 Å². The highest BCUT2D eigenvalue weighted by atomic mass is 31.1. The van der Waals surface area contributed by atoms with Gasteiger partial charge in [-0.2, -0.15) is 4.89 Å². The molecule has 2 nitrogen and oxygen atoms in total. The smallest absolute Gasteiger partial charge is 0.213 e. The summed E-state index contributed by atoms with van der Waals surface area (Å²) in [6.07, 6.45) is 11.7. The van der Waals surface area contributed by atoms with Crippen molar-refractivity contribution in [3.63, 3.8) is 0 Å². The molecule has 0 amide bonds. The highest BCUT2D eigenvalue weighted by Crippen LogP contribution is 2.15. The molecule has 0 bridgehead atoms. The van der Waals surface area contributed by atoms with Crippen molar-refractivity contribution in [3.05, 3.63) is 0 Å². The molecule has 0 aliphatic heterocycles. The lowest BCUT2D eigenvalue weighted by Crippen LogP contribution is -1.99. The average Bonchev–Trinajstić information content (AvgIpc) is 2.25. The lowest BCUT2D eigenvalue weighted by Gasteiger charge is -2.05. The molecule has 0 radical (unpaired) electrons. The highest BCUT2D eigenvalue weighted by Gasteiger charge is 2.02. The van der Waals surface area contributed by atoms with E-state index in [-0.39, 0.29) is 5.92 Å². The Bertz CT molecular complexity index is 211. The van der Waals surface area contributed by atoms with E-state index in [1.54, 1.807) is 5.80 Å². The van der Waals surface area contributed by atoms with Crippen LogP contribution in [0.25, 0.3) is 0 Å². The number of hydrogen-bond acceptors (Lipinski definition) is 2. The van der Waals surface area contributed by atoms with Crippen LogP contribution in [-0.4, -0.2) is 10.7 Å². The molecule has 0 aliphatic carbocycles. The van der Waals surface area contributed by atoms with E-state index < -0.39 is 8.00 Å². The predicted octanol–water partition coefficient (Wildman–Crippen LogP) is 4.26. The minimum absolute atomic E-state index is 0.282. The second kappa shape index (κ2) is 12.1. The third-order valence-electron chi connectivity index (χ3n) is 3.32. The Balaban J connectivity index is 3.19. The lowest BCUT2D eigenvalue weighted by atomic mass is 10.0. The van der Waals surface area contributed by atoms with E-state index in [1.807, 2.05) is 6.92 Å². The number of unbranched alkanes of at least 4 members (excludes halogenated alkanes) is 6. The fourth-order valence-corrected chi connectivity index (χ4v) is 2.78. The number of rotatable bonds is 11. The minimum atomic E-state index is -2.05. The first-order chi connectivity index (χ1) is 8.52. The largest absolute Gasteiger partial charge is 0.603 e. The quantitative estimate of drug-likeness (QED) is 0.452. The molecule has 0 heterocycles. The fourth-order valence-electron chi connectivity index (χ4n) is 2.20. The van der Waals surface area contributed by atoms with Crippen molar-refractivity contribution in [1.82, 2.24) is 0 Å². The Hall–Kier alpha value is 0.0900. The molecular formula is C15H31O2P. The molecule has 1 N–H and O–H groups in total. The van der Waals surface area contributed by atoms with E-state index in [0.29, 0.717) is 0 Å². The summed E-state index contributed by atoms with van der Waals surface area (Å²) in [6, 6.07) is 0. The van der Waals surface area contributed by atoms with Crippen LogP contribution in [0.4, 0.5) is 0 Å². The first kappa shape index (κ1) is 18.1. The summed E-state index contributed by atoms with van der Waals surface area (Å²) in [5.41, 5.74) is 0. The normalized spacial score (nSPS) is 14.2. The van der Waals surface area contributed by atoms with Crippen molar-refractivity contribution in [2.45, 2.75) is 78.6 Å². The summed E-state index contributed by atoms with van der Waals surface area (Å²) >= 11 is 0. The van der Waals surface area contributed by atoms with Gasteiger partial charge in [-0.25, -0.2) is 0 Å². The van der Waals surface area contributed by atoms with Crippen LogP contribution in [0.15, 0.2) is 0 Å². The SMILES string of the molecule is CC(C)CCCCCCCCCC(C)/C=[P+](\[O-])O. The zero-order chi connectivity index (χ0) is 13.8. The van der Waals surface area contributed by atoms with Crippen LogP contribution in [-0.2, 0) is 0 Å². The molecule has 2 unspecified atom stereocenters. The van der Waals surface area contributed by atoms with Crippen molar-refractivity contribution in [2.75, 3.05) is 0 Å². The standard InChI is InChI=1S/C15H31O2P/c1-14(2)11-9-7-5-4-6-8-10-12-15(3)13-18(16)17/h13-15H,4-12H2,1-3H3,(H,16,17).